The van der Waals surface area contributed by atoms with E-state index in [1.54, 1.807) is 11.9 Å². The second-order valence-corrected chi connectivity index (χ2v) is 4.20. The minimum Gasteiger partial charge on any atom is -0.478 e. The molecule has 1 aromatic rings. The second kappa shape index (κ2) is 7.04. The topological polar surface area (TPSA) is 113 Å². The highest BCUT2D eigenvalue weighted by Gasteiger charge is 2.14. The number of benzene rings is 1. The Morgan fingerprint density at radius 2 is 2.14 bits per heavy atom. The Labute approximate surface area is 120 Å². The summed E-state index contributed by atoms with van der Waals surface area (Å²) < 4.78 is 0. The van der Waals surface area contributed by atoms with Crippen LogP contribution in [0.3, 0.4) is 0 Å². The summed E-state index contributed by atoms with van der Waals surface area (Å²) in [6.07, 6.45) is 2.14. The van der Waals surface area contributed by atoms with Crippen LogP contribution in [-0.4, -0.2) is 42.5 Å². The molecule has 0 radical (unpaired) electrons. The average Bonchev–Trinajstić information content (AvgIpc) is 2.44. The van der Waals surface area contributed by atoms with Gasteiger partial charge in [-0.3, -0.25) is 14.9 Å². The fourth-order valence-electron chi connectivity index (χ4n) is 1.68. The molecule has 0 spiro atoms. The molecule has 0 saturated carbocycles. The van der Waals surface area contributed by atoms with Crippen LogP contribution in [0.5, 0.6) is 0 Å². The van der Waals surface area contributed by atoms with Crippen molar-refractivity contribution in [2.75, 3.05) is 25.5 Å². The summed E-state index contributed by atoms with van der Waals surface area (Å²) in [4.78, 5) is 33.8. The lowest BCUT2D eigenvalue weighted by atomic mass is 10.1. The van der Waals surface area contributed by atoms with Crippen LogP contribution in [0, 0.1) is 10.1 Å². The molecule has 1 rings (SSSR count). The molecule has 0 aliphatic heterocycles. The van der Waals surface area contributed by atoms with E-state index in [1.807, 2.05) is 0 Å². The molecule has 0 fully saturated rings. The maximum atomic E-state index is 11.4. The molecule has 0 aromatic heterocycles. The fourth-order valence-corrected chi connectivity index (χ4v) is 1.68. The molecule has 1 aromatic carbocycles. The van der Waals surface area contributed by atoms with Crippen molar-refractivity contribution in [3.05, 3.63) is 40.0 Å². The summed E-state index contributed by atoms with van der Waals surface area (Å²) in [5, 5.41) is 21.9. The summed E-state index contributed by atoms with van der Waals surface area (Å²) in [5.41, 5.74) is 0.705. The van der Waals surface area contributed by atoms with Crippen molar-refractivity contribution in [1.29, 1.82) is 0 Å². The first-order chi connectivity index (χ1) is 9.85. The fraction of sp³-hybridized carbons (Fsp3) is 0.231. The number of carboxylic acids is 1. The van der Waals surface area contributed by atoms with Gasteiger partial charge in [0.1, 0.15) is 0 Å². The third-order valence-corrected chi connectivity index (χ3v) is 2.70. The lowest BCUT2D eigenvalue weighted by Crippen LogP contribution is -2.33. The summed E-state index contributed by atoms with van der Waals surface area (Å²) in [5.74, 6) is -1.40. The molecular weight excluding hydrogens is 278 g/mol. The average molecular weight is 293 g/mol. The van der Waals surface area contributed by atoms with Crippen molar-refractivity contribution in [3.63, 3.8) is 0 Å². The number of amides is 1. The summed E-state index contributed by atoms with van der Waals surface area (Å²) in [6.45, 7) is 0.0439. The van der Waals surface area contributed by atoms with E-state index in [0.29, 0.717) is 11.3 Å². The highest BCUT2D eigenvalue weighted by molar-refractivity contribution is 5.88. The van der Waals surface area contributed by atoms with E-state index in [1.165, 1.54) is 31.3 Å². The molecular formula is C13H15N3O5. The summed E-state index contributed by atoms with van der Waals surface area (Å²) in [6, 6.07) is 4.03. The molecule has 0 saturated heterocycles. The molecule has 0 aliphatic carbocycles. The van der Waals surface area contributed by atoms with Crippen LogP contribution in [-0.2, 0) is 9.59 Å². The van der Waals surface area contributed by atoms with Crippen LogP contribution in [0.1, 0.15) is 5.56 Å². The first kappa shape index (κ1) is 16.2. The Balaban J connectivity index is 3.20. The monoisotopic (exact) mass is 293 g/mol. The van der Waals surface area contributed by atoms with Gasteiger partial charge < -0.3 is 15.3 Å². The minimum atomic E-state index is -1.17. The predicted molar refractivity (Wildman–Crippen MR) is 77.1 cm³/mol. The van der Waals surface area contributed by atoms with Gasteiger partial charge in [0.15, 0.2) is 0 Å². The van der Waals surface area contributed by atoms with Gasteiger partial charge in [0.25, 0.3) is 5.69 Å². The number of carbonyl (C=O) groups excluding carboxylic acids is 1. The number of likely N-dealkylation sites (N-methyl/N-ethyl adjacent to an activating group) is 2. The second-order valence-electron chi connectivity index (χ2n) is 4.20. The van der Waals surface area contributed by atoms with E-state index in [4.69, 9.17) is 5.11 Å². The van der Waals surface area contributed by atoms with Gasteiger partial charge in [-0.25, -0.2) is 4.79 Å². The van der Waals surface area contributed by atoms with Gasteiger partial charge in [0.2, 0.25) is 5.91 Å². The van der Waals surface area contributed by atoms with Crippen LogP contribution in [0.2, 0.25) is 0 Å². The number of carboxylic acid groups (broad SMARTS) is 1. The Hall–Kier alpha value is -2.90. The Morgan fingerprint density at radius 1 is 1.48 bits per heavy atom. The van der Waals surface area contributed by atoms with Gasteiger partial charge in [0, 0.05) is 43.6 Å². The number of rotatable bonds is 6. The predicted octanol–water partition coefficient (Wildman–Crippen LogP) is 0.875. The van der Waals surface area contributed by atoms with Crippen molar-refractivity contribution in [2.45, 2.75) is 0 Å². The van der Waals surface area contributed by atoms with Crippen LogP contribution >= 0.6 is 0 Å². The lowest BCUT2D eigenvalue weighted by molar-refractivity contribution is -0.384. The van der Waals surface area contributed by atoms with E-state index >= 15 is 0 Å². The number of hydrogen-bond donors (Lipinski definition) is 2. The number of carbonyl (C=O) groups is 2. The zero-order valence-electron chi connectivity index (χ0n) is 11.6. The number of aliphatic carboxylic acids is 1. The quantitative estimate of drug-likeness (QED) is 0.457. The van der Waals surface area contributed by atoms with Crippen molar-refractivity contribution >= 4 is 29.3 Å². The number of nitro benzene ring substituents is 1. The number of anilines is 1. The first-order valence-corrected chi connectivity index (χ1v) is 5.96. The van der Waals surface area contributed by atoms with Gasteiger partial charge in [-0.05, 0) is 12.1 Å². The molecule has 2 N–H and O–H groups in total. The molecule has 0 atom stereocenters. The van der Waals surface area contributed by atoms with E-state index in [0.717, 1.165) is 6.08 Å². The van der Waals surface area contributed by atoms with E-state index < -0.39 is 10.9 Å². The number of nitrogens with one attached hydrogen (secondary N) is 1. The third kappa shape index (κ3) is 4.60. The van der Waals surface area contributed by atoms with Crippen LogP contribution in [0.25, 0.3) is 6.08 Å². The normalized spacial score (nSPS) is 10.4. The molecule has 8 heteroatoms. The van der Waals surface area contributed by atoms with Crippen molar-refractivity contribution in [3.8, 4) is 0 Å². The maximum absolute atomic E-state index is 11.4. The van der Waals surface area contributed by atoms with Gasteiger partial charge >= 0.3 is 5.97 Å². The molecule has 0 aliphatic rings. The first-order valence-electron chi connectivity index (χ1n) is 5.96. The zero-order chi connectivity index (χ0) is 16.0. The molecule has 0 bridgehead atoms. The third-order valence-electron chi connectivity index (χ3n) is 2.70. The van der Waals surface area contributed by atoms with Gasteiger partial charge in [0.05, 0.1) is 11.5 Å². The Kier molecular flexibility index (Phi) is 5.41. The Bertz CT molecular complexity index is 597. The standard InChI is InChI=1S/C13H15N3O5/c1-14-12(17)8-15(2)11-5-4-10(16(20)21)7-9(11)3-6-13(18)19/h3-7H,8H2,1-2H3,(H,14,17)(H,18,19)/b6-3+. The smallest absolute Gasteiger partial charge is 0.328 e. The zero-order valence-corrected chi connectivity index (χ0v) is 11.6. The molecule has 21 heavy (non-hydrogen) atoms. The molecule has 112 valence electrons. The Morgan fingerprint density at radius 3 is 2.67 bits per heavy atom. The van der Waals surface area contributed by atoms with Crippen LogP contribution < -0.4 is 10.2 Å². The molecule has 8 nitrogen and oxygen atoms in total. The van der Waals surface area contributed by atoms with Crippen LogP contribution in [0.4, 0.5) is 11.4 Å². The largest absolute Gasteiger partial charge is 0.478 e. The van der Waals surface area contributed by atoms with Gasteiger partial charge in [-0.15, -0.1) is 0 Å². The highest BCUT2D eigenvalue weighted by atomic mass is 16.6. The van der Waals surface area contributed by atoms with E-state index in [2.05, 4.69) is 5.32 Å². The van der Waals surface area contributed by atoms with E-state index in [9.17, 15) is 19.7 Å². The van der Waals surface area contributed by atoms with Gasteiger partial charge in [-0.2, -0.15) is 0 Å². The SMILES string of the molecule is CNC(=O)CN(C)c1ccc([N+](=O)[O-])cc1/C=C/C(=O)O. The number of nitro groups is 1. The highest BCUT2D eigenvalue weighted by Crippen LogP contribution is 2.26. The minimum absolute atomic E-state index is 0.0439. The number of hydrogen-bond acceptors (Lipinski definition) is 5. The van der Waals surface area contributed by atoms with Gasteiger partial charge in [-0.1, -0.05) is 0 Å². The van der Waals surface area contributed by atoms with Crippen molar-refractivity contribution < 1.29 is 19.6 Å². The maximum Gasteiger partial charge on any atom is 0.328 e. The summed E-state index contributed by atoms with van der Waals surface area (Å²) >= 11 is 0. The van der Waals surface area contributed by atoms with E-state index in [-0.39, 0.29) is 18.1 Å². The molecule has 0 unspecified atom stereocenters. The van der Waals surface area contributed by atoms with Crippen LogP contribution in [0.15, 0.2) is 24.3 Å². The lowest BCUT2D eigenvalue weighted by Gasteiger charge is -2.20. The number of nitrogens with zero attached hydrogens (tertiary/aromatic N) is 2. The van der Waals surface area contributed by atoms with Crippen molar-refractivity contribution in [1.82, 2.24) is 5.32 Å². The molecule has 0 heterocycles. The molecule has 1 amide bonds. The summed E-state index contributed by atoms with van der Waals surface area (Å²) in [7, 11) is 3.13. The number of non-ortho nitro benzene ring substituents is 1. The van der Waals surface area contributed by atoms with Crippen molar-refractivity contribution in [2.24, 2.45) is 0 Å².